The maximum Gasteiger partial charge on any atom is 0.293 e. The zero-order chi connectivity index (χ0) is 17.1. The van der Waals surface area contributed by atoms with Crippen molar-refractivity contribution < 1.29 is 13.3 Å². The minimum absolute atomic E-state index is 0.0490. The second-order valence-corrected chi connectivity index (χ2v) is 8.87. The minimum atomic E-state index is -3.47. The van der Waals surface area contributed by atoms with Gasteiger partial charge in [0, 0.05) is 18.4 Å². The first-order chi connectivity index (χ1) is 9.90. The lowest BCUT2D eigenvalue weighted by Crippen LogP contribution is -2.19. The van der Waals surface area contributed by atoms with Gasteiger partial charge in [-0.15, -0.1) is 0 Å². The van der Waals surface area contributed by atoms with E-state index in [2.05, 4.69) is 26.1 Å². The maximum absolute atomic E-state index is 11.5. The molecule has 6 nitrogen and oxygen atoms in total. The summed E-state index contributed by atoms with van der Waals surface area (Å²) in [5.41, 5.74) is 0.325. The van der Waals surface area contributed by atoms with Crippen LogP contribution in [0.2, 0.25) is 0 Å². The van der Waals surface area contributed by atoms with E-state index in [9.17, 15) is 18.5 Å². The molecule has 0 amide bonds. The molecule has 0 saturated carbocycles. The molecule has 0 aliphatic heterocycles. The number of rotatable bonds is 6. The van der Waals surface area contributed by atoms with Gasteiger partial charge in [-0.1, -0.05) is 20.8 Å². The Morgan fingerprint density at radius 3 is 2.36 bits per heavy atom. The molecular formula is C15H24N2O4S. The van der Waals surface area contributed by atoms with Crippen molar-refractivity contribution in [2.45, 2.75) is 51.5 Å². The van der Waals surface area contributed by atoms with Crippen LogP contribution in [0.25, 0.3) is 0 Å². The third kappa shape index (κ3) is 5.63. The van der Waals surface area contributed by atoms with Crippen molar-refractivity contribution in [2.75, 3.05) is 11.6 Å². The highest BCUT2D eigenvalue weighted by Crippen LogP contribution is 2.29. The van der Waals surface area contributed by atoms with E-state index in [1.54, 1.807) is 0 Å². The van der Waals surface area contributed by atoms with Crippen molar-refractivity contribution in [2.24, 2.45) is 5.41 Å². The smallest absolute Gasteiger partial charge is 0.293 e. The van der Waals surface area contributed by atoms with Crippen LogP contribution in [0.4, 0.5) is 11.4 Å². The summed E-state index contributed by atoms with van der Waals surface area (Å²) in [5, 5.41) is 14.3. The second kappa shape index (κ2) is 6.64. The Bertz CT molecular complexity index is 648. The molecule has 0 saturated heterocycles. The zero-order valence-corrected chi connectivity index (χ0v) is 14.5. The molecule has 1 N–H and O–H groups in total. The van der Waals surface area contributed by atoms with Gasteiger partial charge in [0.25, 0.3) is 5.69 Å². The van der Waals surface area contributed by atoms with Gasteiger partial charge < -0.3 is 5.32 Å². The molecule has 1 atom stereocenters. The molecule has 0 heterocycles. The van der Waals surface area contributed by atoms with E-state index >= 15 is 0 Å². The fourth-order valence-corrected chi connectivity index (χ4v) is 2.64. The Morgan fingerprint density at radius 1 is 1.32 bits per heavy atom. The van der Waals surface area contributed by atoms with Crippen LogP contribution >= 0.6 is 0 Å². The molecule has 1 unspecified atom stereocenters. The SMILES string of the molecule is CC(CCC(C)(C)C)Nc1ccc(S(C)(=O)=O)cc1[N+](=O)[O-]. The zero-order valence-electron chi connectivity index (χ0n) is 13.7. The van der Waals surface area contributed by atoms with Crippen LogP contribution in [0, 0.1) is 15.5 Å². The van der Waals surface area contributed by atoms with Crippen molar-refractivity contribution >= 4 is 21.2 Å². The van der Waals surface area contributed by atoms with Gasteiger partial charge in [0.2, 0.25) is 0 Å². The van der Waals surface area contributed by atoms with Crippen molar-refractivity contribution in [3.8, 4) is 0 Å². The van der Waals surface area contributed by atoms with Gasteiger partial charge in [0.05, 0.1) is 9.82 Å². The number of nitrogens with zero attached hydrogens (tertiary/aromatic N) is 1. The summed E-state index contributed by atoms with van der Waals surface area (Å²) in [4.78, 5) is 10.6. The van der Waals surface area contributed by atoms with Crippen LogP contribution in [0.3, 0.4) is 0 Å². The van der Waals surface area contributed by atoms with Crippen LogP contribution in [0.1, 0.15) is 40.5 Å². The summed E-state index contributed by atoms with van der Waals surface area (Å²) in [7, 11) is -3.47. The van der Waals surface area contributed by atoms with Crippen LogP contribution < -0.4 is 5.32 Å². The molecular weight excluding hydrogens is 304 g/mol. The molecule has 0 aromatic heterocycles. The van der Waals surface area contributed by atoms with Crippen LogP contribution in [0.5, 0.6) is 0 Å². The lowest BCUT2D eigenvalue weighted by Gasteiger charge is -2.22. The average molecular weight is 328 g/mol. The van der Waals surface area contributed by atoms with Gasteiger partial charge in [0.15, 0.2) is 9.84 Å². The van der Waals surface area contributed by atoms with E-state index in [1.165, 1.54) is 12.1 Å². The van der Waals surface area contributed by atoms with Gasteiger partial charge in [-0.25, -0.2) is 8.42 Å². The molecule has 0 aliphatic rings. The fourth-order valence-electron chi connectivity index (χ4n) is 2.00. The number of nitrogens with one attached hydrogen (secondary N) is 1. The summed E-state index contributed by atoms with van der Waals surface area (Å²) < 4.78 is 23.0. The Labute approximate surface area is 132 Å². The van der Waals surface area contributed by atoms with Crippen molar-refractivity contribution in [3.05, 3.63) is 28.3 Å². The van der Waals surface area contributed by atoms with Gasteiger partial charge in [0.1, 0.15) is 5.69 Å². The topological polar surface area (TPSA) is 89.3 Å². The highest BCUT2D eigenvalue weighted by molar-refractivity contribution is 7.90. The molecule has 22 heavy (non-hydrogen) atoms. The lowest BCUT2D eigenvalue weighted by atomic mass is 9.89. The van der Waals surface area contributed by atoms with Crippen LogP contribution in [-0.4, -0.2) is 25.6 Å². The molecule has 0 radical (unpaired) electrons. The molecule has 0 fully saturated rings. The normalized spacial score (nSPS) is 13.7. The standard InChI is InChI=1S/C15H24N2O4S/c1-11(8-9-15(2,3)4)16-13-7-6-12(22(5,20)21)10-14(13)17(18)19/h6-7,10-11,16H,8-9H2,1-5H3. The summed E-state index contributed by atoms with van der Waals surface area (Å²) in [5.74, 6) is 0. The Balaban J connectivity index is 2.98. The number of hydrogen-bond acceptors (Lipinski definition) is 5. The Kier molecular flexibility index (Phi) is 5.56. The van der Waals surface area contributed by atoms with E-state index in [-0.39, 0.29) is 22.0 Å². The van der Waals surface area contributed by atoms with E-state index in [0.29, 0.717) is 5.69 Å². The van der Waals surface area contributed by atoms with Gasteiger partial charge in [-0.3, -0.25) is 10.1 Å². The van der Waals surface area contributed by atoms with Crippen LogP contribution in [0.15, 0.2) is 23.1 Å². The summed E-state index contributed by atoms with van der Waals surface area (Å²) >= 11 is 0. The second-order valence-electron chi connectivity index (χ2n) is 6.85. The van der Waals surface area contributed by atoms with E-state index in [1.807, 2.05) is 6.92 Å². The highest BCUT2D eigenvalue weighted by Gasteiger charge is 2.20. The summed E-state index contributed by atoms with van der Waals surface area (Å²) in [6, 6.07) is 4.01. The number of hydrogen-bond donors (Lipinski definition) is 1. The molecule has 7 heteroatoms. The van der Waals surface area contributed by atoms with Crippen molar-refractivity contribution in [3.63, 3.8) is 0 Å². The first kappa shape index (κ1) is 18.4. The van der Waals surface area contributed by atoms with Gasteiger partial charge >= 0.3 is 0 Å². The molecule has 1 rings (SSSR count). The first-order valence-electron chi connectivity index (χ1n) is 7.15. The molecule has 1 aromatic carbocycles. The predicted molar refractivity (Wildman–Crippen MR) is 88.0 cm³/mol. The fraction of sp³-hybridized carbons (Fsp3) is 0.600. The van der Waals surface area contributed by atoms with Crippen molar-refractivity contribution in [1.29, 1.82) is 0 Å². The number of sulfone groups is 1. The predicted octanol–water partition coefficient (Wildman–Crippen LogP) is 3.63. The third-order valence-corrected chi connectivity index (χ3v) is 4.43. The maximum atomic E-state index is 11.5. The molecule has 1 aromatic rings. The van der Waals surface area contributed by atoms with E-state index in [0.717, 1.165) is 25.2 Å². The third-order valence-electron chi connectivity index (χ3n) is 3.32. The molecule has 124 valence electrons. The molecule has 0 bridgehead atoms. The number of benzene rings is 1. The van der Waals surface area contributed by atoms with Gasteiger partial charge in [-0.05, 0) is 37.3 Å². The number of nitro benzene ring substituents is 1. The van der Waals surface area contributed by atoms with E-state index < -0.39 is 14.8 Å². The summed E-state index contributed by atoms with van der Waals surface area (Å²) in [6.45, 7) is 8.38. The van der Waals surface area contributed by atoms with Gasteiger partial charge in [-0.2, -0.15) is 0 Å². The quantitative estimate of drug-likeness (QED) is 0.636. The number of nitro groups is 1. The Morgan fingerprint density at radius 2 is 1.91 bits per heavy atom. The average Bonchev–Trinajstić information content (AvgIpc) is 2.34. The highest BCUT2D eigenvalue weighted by atomic mass is 32.2. The molecule has 0 aliphatic carbocycles. The number of anilines is 1. The largest absolute Gasteiger partial charge is 0.377 e. The summed E-state index contributed by atoms with van der Waals surface area (Å²) in [6.07, 6.45) is 2.88. The first-order valence-corrected chi connectivity index (χ1v) is 9.04. The Hall–Kier alpha value is -1.63. The lowest BCUT2D eigenvalue weighted by molar-refractivity contribution is -0.384. The minimum Gasteiger partial charge on any atom is -0.377 e. The van der Waals surface area contributed by atoms with Crippen molar-refractivity contribution in [1.82, 2.24) is 0 Å². The molecule has 0 spiro atoms. The van der Waals surface area contributed by atoms with Crippen LogP contribution in [-0.2, 0) is 9.84 Å². The van der Waals surface area contributed by atoms with E-state index in [4.69, 9.17) is 0 Å². The monoisotopic (exact) mass is 328 g/mol.